The molecule has 0 N–H and O–H groups in total. The van der Waals surface area contributed by atoms with Crippen LogP contribution in [0.4, 0.5) is 0 Å². The Morgan fingerprint density at radius 3 is 2.78 bits per heavy atom. The van der Waals surface area contributed by atoms with Crippen molar-refractivity contribution in [1.29, 1.82) is 5.26 Å². The zero-order valence-electron chi connectivity index (χ0n) is 13.8. The number of nitrogens with zero attached hydrogens (tertiary/aromatic N) is 3. The van der Waals surface area contributed by atoms with Crippen LogP contribution in [0.15, 0.2) is 17.5 Å². The molecule has 5 heteroatoms. The van der Waals surface area contributed by atoms with Gasteiger partial charge in [0.25, 0.3) is 0 Å². The summed E-state index contributed by atoms with van der Waals surface area (Å²) in [7, 11) is 0. The Morgan fingerprint density at radius 1 is 1.35 bits per heavy atom. The molecular formula is C18H21N3S2. The van der Waals surface area contributed by atoms with E-state index in [1.54, 1.807) is 0 Å². The van der Waals surface area contributed by atoms with E-state index in [1.807, 2.05) is 18.3 Å². The van der Waals surface area contributed by atoms with Crippen LogP contribution in [0.3, 0.4) is 0 Å². The van der Waals surface area contributed by atoms with E-state index in [0.717, 1.165) is 18.8 Å². The van der Waals surface area contributed by atoms with E-state index in [4.69, 9.17) is 12.2 Å². The summed E-state index contributed by atoms with van der Waals surface area (Å²) in [5.41, 5.74) is 4.00. The summed E-state index contributed by atoms with van der Waals surface area (Å²) in [6.45, 7) is 8.03. The summed E-state index contributed by atoms with van der Waals surface area (Å²) in [5, 5.41) is 11.6. The van der Waals surface area contributed by atoms with Crippen molar-refractivity contribution >= 4 is 23.6 Å². The van der Waals surface area contributed by atoms with E-state index in [1.165, 1.54) is 29.0 Å². The van der Waals surface area contributed by atoms with Gasteiger partial charge in [-0.05, 0) is 56.2 Å². The molecule has 0 amide bonds. The lowest BCUT2D eigenvalue weighted by Gasteiger charge is -2.27. The molecule has 3 heterocycles. The maximum Gasteiger partial charge on any atom is 0.125 e. The number of likely N-dealkylation sites (tertiary alicyclic amines) is 1. The van der Waals surface area contributed by atoms with Gasteiger partial charge in [0.1, 0.15) is 10.7 Å². The third kappa shape index (κ3) is 2.87. The first-order chi connectivity index (χ1) is 11.0. The van der Waals surface area contributed by atoms with Gasteiger partial charge in [-0.1, -0.05) is 18.3 Å². The highest BCUT2D eigenvalue weighted by Gasteiger charge is 2.27. The number of thiophene rings is 1. The average molecular weight is 344 g/mol. The van der Waals surface area contributed by atoms with Crippen LogP contribution in [-0.2, 0) is 6.67 Å². The molecule has 1 aliphatic heterocycles. The molecule has 2 aromatic rings. The SMILES string of the molecule is Cc1c(C)c(C)n(CN2CCC[C@H]2c2cccs2)c(=S)c1C#N. The predicted molar refractivity (Wildman–Crippen MR) is 97.2 cm³/mol. The summed E-state index contributed by atoms with van der Waals surface area (Å²) in [4.78, 5) is 3.92. The molecule has 3 rings (SSSR count). The summed E-state index contributed by atoms with van der Waals surface area (Å²) >= 11 is 7.44. The van der Waals surface area contributed by atoms with Crippen molar-refractivity contribution in [3.8, 4) is 6.07 Å². The molecule has 1 atom stereocenters. The van der Waals surface area contributed by atoms with E-state index >= 15 is 0 Å². The second kappa shape index (κ2) is 6.56. The summed E-state index contributed by atoms with van der Waals surface area (Å²) in [5.74, 6) is 0. The van der Waals surface area contributed by atoms with Gasteiger partial charge in [-0.2, -0.15) is 5.26 Å². The van der Waals surface area contributed by atoms with E-state index in [9.17, 15) is 5.26 Å². The normalized spacial score (nSPS) is 18.3. The van der Waals surface area contributed by atoms with Crippen molar-refractivity contribution in [3.05, 3.63) is 49.4 Å². The van der Waals surface area contributed by atoms with Gasteiger partial charge < -0.3 is 4.57 Å². The van der Waals surface area contributed by atoms with Crippen LogP contribution in [0.25, 0.3) is 0 Å². The molecule has 0 spiro atoms. The minimum atomic E-state index is 0.475. The second-order valence-corrected chi connectivity index (χ2v) is 7.55. The largest absolute Gasteiger partial charge is 0.322 e. The molecule has 1 aliphatic rings. The average Bonchev–Trinajstić information content (AvgIpc) is 3.21. The Labute approximate surface area is 146 Å². The fourth-order valence-electron chi connectivity index (χ4n) is 3.39. The summed E-state index contributed by atoms with van der Waals surface area (Å²) < 4.78 is 2.81. The number of pyridine rings is 1. The minimum absolute atomic E-state index is 0.475. The first-order valence-corrected chi connectivity index (χ1v) is 9.21. The quantitative estimate of drug-likeness (QED) is 0.745. The predicted octanol–water partition coefficient (Wildman–Crippen LogP) is 4.87. The lowest BCUT2D eigenvalue weighted by Crippen LogP contribution is -2.28. The van der Waals surface area contributed by atoms with E-state index in [-0.39, 0.29) is 0 Å². The van der Waals surface area contributed by atoms with Gasteiger partial charge in [0.05, 0.1) is 12.2 Å². The zero-order valence-corrected chi connectivity index (χ0v) is 15.4. The molecule has 23 heavy (non-hydrogen) atoms. The molecule has 120 valence electrons. The van der Waals surface area contributed by atoms with E-state index in [0.29, 0.717) is 16.2 Å². The molecule has 0 aromatic carbocycles. The fraction of sp³-hybridized carbons (Fsp3) is 0.444. The lowest BCUT2D eigenvalue weighted by atomic mass is 10.0. The Balaban J connectivity index is 1.99. The van der Waals surface area contributed by atoms with Crippen LogP contribution >= 0.6 is 23.6 Å². The highest BCUT2D eigenvalue weighted by molar-refractivity contribution is 7.71. The van der Waals surface area contributed by atoms with Crippen molar-refractivity contribution in [2.45, 2.75) is 46.3 Å². The lowest BCUT2D eigenvalue weighted by molar-refractivity contribution is 0.201. The van der Waals surface area contributed by atoms with Gasteiger partial charge in [0, 0.05) is 23.2 Å². The highest BCUT2D eigenvalue weighted by Crippen LogP contribution is 2.35. The monoisotopic (exact) mass is 343 g/mol. The maximum absolute atomic E-state index is 9.46. The molecular weight excluding hydrogens is 322 g/mol. The van der Waals surface area contributed by atoms with Crippen LogP contribution in [0, 0.1) is 36.7 Å². The molecule has 0 unspecified atom stereocenters. The van der Waals surface area contributed by atoms with Crippen molar-refractivity contribution < 1.29 is 0 Å². The fourth-order valence-corrected chi connectivity index (χ4v) is 4.68. The topological polar surface area (TPSA) is 32.0 Å². The third-order valence-electron chi connectivity index (χ3n) is 5.01. The molecule has 0 bridgehead atoms. The molecule has 3 nitrogen and oxygen atoms in total. The molecule has 0 radical (unpaired) electrons. The van der Waals surface area contributed by atoms with Gasteiger partial charge >= 0.3 is 0 Å². The Kier molecular flexibility index (Phi) is 4.67. The molecule has 2 aromatic heterocycles. The van der Waals surface area contributed by atoms with Gasteiger partial charge in [-0.3, -0.25) is 4.90 Å². The van der Waals surface area contributed by atoms with Crippen molar-refractivity contribution in [3.63, 3.8) is 0 Å². The van der Waals surface area contributed by atoms with Crippen LogP contribution in [0.5, 0.6) is 0 Å². The third-order valence-corrected chi connectivity index (χ3v) is 6.41. The Hall–Kier alpha value is -1.48. The summed E-state index contributed by atoms with van der Waals surface area (Å²) in [6, 6.07) is 7.11. The van der Waals surface area contributed by atoms with Crippen LogP contribution in [0.2, 0.25) is 0 Å². The Morgan fingerprint density at radius 2 is 2.13 bits per heavy atom. The van der Waals surface area contributed by atoms with Crippen LogP contribution in [0.1, 0.15) is 46.1 Å². The highest BCUT2D eigenvalue weighted by atomic mass is 32.1. The number of hydrogen-bond acceptors (Lipinski definition) is 4. The first kappa shape index (κ1) is 16.4. The van der Waals surface area contributed by atoms with Crippen molar-refractivity contribution in [2.75, 3.05) is 6.54 Å². The number of hydrogen-bond donors (Lipinski definition) is 0. The van der Waals surface area contributed by atoms with E-state index in [2.05, 4.69) is 46.9 Å². The van der Waals surface area contributed by atoms with Gasteiger partial charge in [-0.15, -0.1) is 11.3 Å². The van der Waals surface area contributed by atoms with E-state index < -0.39 is 0 Å². The molecule has 1 saturated heterocycles. The zero-order chi connectivity index (χ0) is 16.6. The molecule has 0 saturated carbocycles. The number of aromatic nitrogens is 1. The van der Waals surface area contributed by atoms with Crippen molar-refractivity contribution in [1.82, 2.24) is 9.47 Å². The van der Waals surface area contributed by atoms with Gasteiger partial charge in [-0.25, -0.2) is 0 Å². The number of nitriles is 1. The van der Waals surface area contributed by atoms with Crippen LogP contribution < -0.4 is 0 Å². The van der Waals surface area contributed by atoms with Gasteiger partial charge in [0.15, 0.2) is 0 Å². The van der Waals surface area contributed by atoms with Gasteiger partial charge in [0.2, 0.25) is 0 Å². The number of rotatable bonds is 3. The maximum atomic E-state index is 9.46. The van der Waals surface area contributed by atoms with Crippen molar-refractivity contribution in [2.24, 2.45) is 0 Å². The van der Waals surface area contributed by atoms with Crippen LogP contribution in [-0.4, -0.2) is 16.0 Å². The smallest absolute Gasteiger partial charge is 0.125 e. The first-order valence-electron chi connectivity index (χ1n) is 7.92. The molecule has 1 fully saturated rings. The summed E-state index contributed by atoms with van der Waals surface area (Å²) in [6.07, 6.45) is 2.41. The molecule has 0 aliphatic carbocycles. The second-order valence-electron chi connectivity index (χ2n) is 6.18. The standard InChI is InChI=1S/C18H21N3S2/c1-12-13(2)15(10-19)18(22)21(14(12)3)11-20-8-4-6-16(20)17-7-5-9-23-17/h5,7,9,16H,4,6,8,11H2,1-3H3/t16-/m0/s1. The Bertz CT molecular complexity index is 812. The minimum Gasteiger partial charge on any atom is -0.322 e.